The molecule has 1 heterocycles. The number of aromatic nitrogens is 2. The van der Waals surface area contributed by atoms with Crippen molar-refractivity contribution in [1.29, 1.82) is 0 Å². The van der Waals surface area contributed by atoms with Crippen molar-refractivity contribution < 1.29 is 14.4 Å². The van der Waals surface area contributed by atoms with Crippen LogP contribution in [0.4, 0.5) is 5.69 Å². The number of hydrogen-bond donors (Lipinski definition) is 1. The number of H-pyrrole nitrogens is 1. The van der Waals surface area contributed by atoms with Gasteiger partial charge in [0, 0.05) is 24.5 Å². The van der Waals surface area contributed by atoms with Crippen LogP contribution in [0.15, 0.2) is 24.5 Å². The summed E-state index contributed by atoms with van der Waals surface area (Å²) in [4.78, 5) is 17.4. The van der Waals surface area contributed by atoms with Gasteiger partial charge in [-0.1, -0.05) is 0 Å². The van der Waals surface area contributed by atoms with Crippen LogP contribution in [0.2, 0.25) is 0 Å². The normalized spacial score (nSPS) is 10.1. The van der Waals surface area contributed by atoms with Crippen molar-refractivity contribution in [1.82, 2.24) is 9.97 Å². The molecule has 1 aromatic carbocycles. The van der Waals surface area contributed by atoms with E-state index in [1.807, 2.05) is 0 Å². The minimum Gasteiger partial charge on any atom is -0.496 e. The molecular weight excluding hydrogens is 238 g/mol. The number of aromatic amines is 1. The van der Waals surface area contributed by atoms with Crippen LogP contribution in [0.5, 0.6) is 11.5 Å². The molecule has 0 aliphatic rings. The first-order valence-electron chi connectivity index (χ1n) is 5.07. The molecule has 0 spiro atoms. The van der Waals surface area contributed by atoms with Gasteiger partial charge in [0.15, 0.2) is 0 Å². The average Bonchev–Trinajstić information content (AvgIpc) is 2.90. The van der Waals surface area contributed by atoms with Crippen molar-refractivity contribution in [3.8, 4) is 22.9 Å². The number of imidazole rings is 1. The number of nitro groups is 1. The summed E-state index contributed by atoms with van der Waals surface area (Å²) in [6, 6.07) is 2.84. The van der Waals surface area contributed by atoms with E-state index >= 15 is 0 Å². The van der Waals surface area contributed by atoms with Gasteiger partial charge < -0.3 is 14.5 Å². The summed E-state index contributed by atoms with van der Waals surface area (Å²) in [5, 5.41) is 11.0. The van der Waals surface area contributed by atoms with Gasteiger partial charge in [0.05, 0.1) is 24.7 Å². The lowest BCUT2D eigenvalue weighted by Crippen LogP contribution is -1.97. The summed E-state index contributed by atoms with van der Waals surface area (Å²) < 4.78 is 10.2. The Morgan fingerprint density at radius 3 is 2.50 bits per heavy atom. The molecule has 0 aliphatic carbocycles. The number of nitro benzene ring substituents is 1. The van der Waals surface area contributed by atoms with Gasteiger partial charge in [-0.3, -0.25) is 10.1 Å². The van der Waals surface area contributed by atoms with Crippen molar-refractivity contribution >= 4 is 5.69 Å². The first-order chi connectivity index (χ1) is 8.67. The molecule has 7 nitrogen and oxygen atoms in total. The van der Waals surface area contributed by atoms with E-state index in [1.54, 1.807) is 12.4 Å². The monoisotopic (exact) mass is 249 g/mol. The van der Waals surface area contributed by atoms with E-state index in [9.17, 15) is 10.1 Å². The maximum atomic E-state index is 11.0. The molecule has 1 N–H and O–H groups in total. The zero-order valence-electron chi connectivity index (χ0n) is 9.84. The van der Waals surface area contributed by atoms with Gasteiger partial charge in [0.2, 0.25) is 5.75 Å². The molecule has 0 amide bonds. The summed E-state index contributed by atoms with van der Waals surface area (Å²) in [6.07, 6.45) is 3.19. The lowest BCUT2D eigenvalue weighted by molar-refractivity contribution is -0.385. The van der Waals surface area contributed by atoms with Crippen LogP contribution >= 0.6 is 0 Å². The lowest BCUT2D eigenvalue weighted by atomic mass is 10.1. The molecule has 0 radical (unpaired) electrons. The maximum Gasteiger partial charge on any atom is 0.311 e. The largest absolute Gasteiger partial charge is 0.496 e. The highest BCUT2D eigenvalue weighted by Gasteiger charge is 2.21. The van der Waals surface area contributed by atoms with Crippen LogP contribution in [0.3, 0.4) is 0 Å². The van der Waals surface area contributed by atoms with Crippen molar-refractivity contribution in [3.05, 3.63) is 34.6 Å². The van der Waals surface area contributed by atoms with Crippen LogP contribution in [0, 0.1) is 10.1 Å². The summed E-state index contributed by atoms with van der Waals surface area (Å²) in [7, 11) is 2.85. The molecule has 2 rings (SSSR count). The van der Waals surface area contributed by atoms with Crippen molar-refractivity contribution in [2.24, 2.45) is 0 Å². The third-order valence-corrected chi connectivity index (χ3v) is 2.45. The molecule has 94 valence electrons. The molecule has 0 aliphatic heterocycles. The van der Waals surface area contributed by atoms with Gasteiger partial charge in [0.1, 0.15) is 11.6 Å². The second kappa shape index (κ2) is 4.74. The fourth-order valence-electron chi connectivity index (χ4n) is 1.62. The Balaban J connectivity index is 2.65. The lowest BCUT2D eigenvalue weighted by Gasteiger charge is -2.09. The van der Waals surface area contributed by atoms with Gasteiger partial charge in [-0.15, -0.1) is 0 Å². The standard InChI is InChI=1S/C11H11N3O4/c1-17-9-6-10(18-2)8(14(15)16)5-7(9)11-12-3-4-13-11/h3-6H,1-2H3,(H,12,13). The number of nitrogens with zero attached hydrogens (tertiary/aromatic N) is 2. The molecule has 0 bridgehead atoms. The molecule has 0 unspecified atom stereocenters. The van der Waals surface area contributed by atoms with Crippen molar-refractivity contribution in [3.63, 3.8) is 0 Å². The molecule has 0 atom stereocenters. The number of nitrogens with one attached hydrogen (secondary N) is 1. The molecule has 0 saturated carbocycles. The third-order valence-electron chi connectivity index (χ3n) is 2.45. The SMILES string of the molecule is COc1cc(OC)c([N+](=O)[O-])cc1-c1ncc[nH]1. The Bertz CT molecular complexity index is 566. The average molecular weight is 249 g/mol. The van der Waals surface area contributed by atoms with E-state index in [0.717, 1.165) is 0 Å². The molecule has 2 aromatic rings. The first kappa shape index (κ1) is 11.9. The summed E-state index contributed by atoms with van der Waals surface area (Å²) in [5.74, 6) is 1.09. The second-order valence-electron chi connectivity index (χ2n) is 3.42. The Labute approximate surface area is 103 Å². The van der Waals surface area contributed by atoms with Crippen LogP contribution < -0.4 is 9.47 Å². The predicted octanol–water partition coefficient (Wildman–Crippen LogP) is 2.00. The smallest absolute Gasteiger partial charge is 0.311 e. The Kier molecular flexibility index (Phi) is 3.13. The second-order valence-corrected chi connectivity index (χ2v) is 3.42. The number of rotatable bonds is 4. The summed E-state index contributed by atoms with van der Waals surface area (Å²) in [5.41, 5.74) is 0.375. The van der Waals surface area contributed by atoms with Gasteiger partial charge in [-0.05, 0) is 0 Å². The van der Waals surface area contributed by atoms with Gasteiger partial charge >= 0.3 is 5.69 Å². The van der Waals surface area contributed by atoms with Crippen LogP contribution in [-0.4, -0.2) is 29.1 Å². The summed E-state index contributed by atoms with van der Waals surface area (Å²) >= 11 is 0. The van der Waals surface area contributed by atoms with E-state index < -0.39 is 4.92 Å². The van der Waals surface area contributed by atoms with Gasteiger partial charge in [-0.25, -0.2) is 4.98 Å². The van der Waals surface area contributed by atoms with E-state index in [-0.39, 0.29) is 11.4 Å². The number of hydrogen-bond acceptors (Lipinski definition) is 5. The fraction of sp³-hybridized carbons (Fsp3) is 0.182. The zero-order chi connectivity index (χ0) is 13.1. The van der Waals surface area contributed by atoms with E-state index in [1.165, 1.54) is 26.4 Å². The van der Waals surface area contributed by atoms with Crippen molar-refractivity contribution in [2.75, 3.05) is 14.2 Å². The quantitative estimate of drug-likeness (QED) is 0.661. The Morgan fingerprint density at radius 1 is 1.28 bits per heavy atom. The molecular formula is C11H11N3O4. The highest BCUT2D eigenvalue weighted by Crippen LogP contribution is 2.38. The fourth-order valence-corrected chi connectivity index (χ4v) is 1.62. The summed E-state index contributed by atoms with van der Waals surface area (Å²) in [6.45, 7) is 0. The van der Waals surface area contributed by atoms with Crippen molar-refractivity contribution in [2.45, 2.75) is 0 Å². The van der Waals surface area contributed by atoms with E-state index in [2.05, 4.69) is 9.97 Å². The van der Waals surface area contributed by atoms with Crippen LogP contribution in [0.25, 0.3) is 11.4 Å². The van der Waals surface area contributed by atoms with E-state index in [4.69, 9.17) is 9.47 Å². The molecule has 7 heteroatoms. The topological polar surface area (TPSA) is 90.3 Å². The Hall–Kier alpha value is -2.57. The number of benzene rings is 1. The predicted molar refractivity (Wildman–Crippen MR) is 63.8 cm³/mol. The number of ether oxygens (including phenoxy) is 2. The molecule has 18 heavy (non-hydrogen) atoms. The zero-order valence-corrected chi connectivity index (χ0v) is 9.84. The molecule has 1 aromatic heterocycles. The maximum absolute atomic E-state index is 11.0. The Morgan fingerprint density at radius 2 is 2.00 bits per heavy atom. The van der Waals surface area contributed by atoms with E-state index in [0.29, 0.717) is 17.1 Å². The molecule has 0 saturated heterocycles. The minimum absolute atomic E-state index is 0.135. The third kappa shape index (κ3) is 1.97. The van der Waals surface area contributed by atoms with Crippen LogP contribution in [-0.2, 0) is 0 Å². The number of methoxy groups -OCH3 is 2. The highest BCUT2D eigenvalue weighted by atomic mass is 16.6. The van der Waals surface area contributed by atoms with Crippen LogP contribution in [0.1, 0.15) is 0 Å². The molecule has 0 fully saturated rings. The van der Waals surface area contributed by atoms with Gasteiger partial charge in [-0.2, -0.15) is 0 Å². The minimum atomic E-state index is -0.509. The first-order valence-corrected chi connectivity index (χ1v) is 5.07. The highest BCUT2D eigenvalue weighted by molar-refractivity contribution is 5.71. The van der Waals surface area contributed by atoms with Gasteiger partial charge in [0.25, 0.3) is 0 Å².